The Balaban J connectivity index is 1.30. The summed E-state index contributed by atoms with van der Waals surface area (Å²) in [5.74, 6) is 0. The second kappa shape index (κ2) is 10.7. The molecule has 0 saturated carbocycles. The van der Waals surface area contributed by atoms with Gasteiger partial charge in [-0.25, -0.2) is 9.67 Å². The van der Waals surface area contributed by atoms with E-state index in [1.807, 2.05) is 29.2 Å². The van der Waals surface area contributed by atoms with Crippen LogP contribution in [0.4, 0.5) is 5.69 Å². The van der Waals surface area contributed by atoms with Crippen molar-refractivity contribution in [3.63, 3.8) is 0 Å². The lowest BCUT2D eigenvalue weighted by molar-refractivity contribution is -0.145. The molecule has 3 rings (SSSR count). The van der Waals surface area contributed by atoms with Crippen molar-refractivity contribution in [3.8, 4) is 5.69 Å². The summed E-state index contributed by atoms with van der Waals surface area (Å²) in [5.41, 5.74) is 2.03. The number of rotatable bonds is 10. The summed E-state index contributed by atoms with van der Waals surface area (Å²) in [6, 6.07) is 7.51. The first-order valence-corrected chi connectivity index (χ1v) is 10.2. The second-order valence-corrected chi connectivity index (χ2v) is 7.52. The third kappa shape index (κ3) is 5.74. The Labute approximate surface area is 170 Å². The van der Waals surface area contributed by atoms with E-state index in [0.717, 1.165) is 43.6 Å². The van der Waals surface area contributed by atoms with Crippen molar-refractivity contribution >= 4 is 5.69 Å². The van der Waals surface area contributed by atoms with E-state index in [0.29, 0.717) is 6.54 Å². The minimum atomic E-state index is -1.19. The predicted molar refractivity (Wildman–Crippen MR) is 109 cm³/mol. The van der Waals surface area contributed by atoms with E-state index in [4.69, 9.17) is 0 Å². The van der Waals surface area contributed by atoms with Gasteiger partial charge in [0.15, 0.2) is 0 Å². The molecule has 1 unspecified atom stereocenters. The lowest BCUT2D eigenvalue weighted by Gasteiger charge is -2.43. The Morgan fingerprint density at radius 2 is 1.76 bits per heavy atom. The van der Waals surface area contributed by atoms with Crippen molar-refractivity contribution in [1.82, 2.24) is 19.7 Å². The van der Waals surface area contributed by atoms with Crippen LogP contribution >= 0.6 is 0 Å². The standard InChI is InChI=1S/C20H31N5O4/c26-12-17-19(28)20(29)18(27)11-24(17)10-4-2-1-3-9-22-15-5-7-16(8-6-15)25-14-21-13-23-25/h5-8,13-14,17-20,22,26-29H,1-4,9-12H2/t17?,18-,19+,20+/m0/s1. The zero-order valence-electron chi connectivity index (χ0n) is 16.5. The highest BCUT2D eigenvalue weighted by Gasteiger charge is 2.40. The predicted octanol–water partition coefficient (Wildman–Crippen LogP) is -0.00120. The van der Waals surface area contributed by atoms with E-state index in [1.165, 1.54) is 6.33 Å². The lowest BCUT2D eigenvalue weighted by Crippen LogP contribution is -2.62. The number of hydrogen-bond acceptors (Lipinski definition) is 8. The highest BCUT2D eigenvalue weighted by molar-refractivity contribution is 5.48. The van der Waals surface area contributed by atoms with Crippen molar-refractivity contribution in [2.45, 2.75) is 50.0 Å². The molecule has 4 atom stereocenters. The van der Waals surface area contributed by atoms with Gasteiger partial charge >= 0.3 is 0 Å². The van der Waals surface area contributed by atoms with Crippen LogP contribution in [0.5, 0.6) is 0 Å². The number of aromatic nitrogens is 3. The highest BCUT2D eigenvalue weighted by Crippen LogP contribution is 2.20. The molecule has 0 radical (unpaired) electrons. The largest absolute Gasteiger partial charge is 0.395 e. The number of likely N-dealkylation sites (tertiary alicyclic amines) is 1. The molecule has 1 aliphatic rings. The molecule has 9 nitrogen and oxygen atoms in total. The number of benzene rings is 1. The van der Waals surface area contributed by atoms with Crippen molar-refractivity contribution in [2.75, 3.05) is 31.6 Å². The van der Waals surface area contributed by atoms with Crippen LogP contribution in [-0.4, -0.2) is 90.7 Å². The summed E-state index contributed by atoms with van der Waals surface area (Å²) >= 11 is 0. The molecule has 0 amide bonds. The number of aliphatic hydroxyl groups is 4. The van der Waals surface area contributed by atoms with Gasteiger partial charge in [-0.2, -0.15) is 5.10 Å². The summed E-state index contributed by atoms with van der Waals surface area (Å²) < 4.78 is 1.71. The summed E-state index contributed by atoms with van der Waals surface area (Å²) in [6.07, 6.45) is 3.92. The Bertz CT molecular complexity index is 712. The summed E-state index contributed by atoms with van der Waals surface area (Å²) in [5, 5.41) is 46.6. The smallest absolute Gasteiger partial charge is 0.138 e. The maximum absolute atomic E-state index is 10.0. The number of aliphatic hydroxyl groups excluding tert-OH is 4. The zero-order valence-corrected chi connectivity index (χ0v) is 16.5. The van der Waals surface area contributed by atoms with Crippen molar-refractivity contribution in [2.24, 2.45) is 0 Å². The minimum Gasteiger partial charge on any atom is -0.395 e. The number of nitrogens with one attached hydrogen (secondary N) is 1. The van der Waals surface area contributed by atoms with Gasteiger partial charge in [0.25, 0.3) is 0 Å². The van der Waals surface area contributed by atoms with Crippen LogP contribution < -0.4 is 5.32 Å². The maximum Gasteiger partial charge on any atom is 0.138 e. The number of anilines is 1. The Morgan fingerprint density at radius 3 is 2.45 bits per heavy atom. The molecule has 0 bridgehead atoms. The quantitative estimate of drug-likeness (QED) is 0.350. The molecule has 29 heavy (non-hydrogen) atoms. The van der Waals surface area contributed by atoms with E-state index in [1.54, 1.807) is 11.0 Å². The van der Waals surface area contributed by atoms with Crippen LogP contribution in [0.2, 0.25) is 0 Å². The van der Waals surface area contributed by atoms with Crippen LogP contribution in [0.25, 0.3) is 5.69 Å². The van der Waals surface area contributed by atoms with Gasteiger partial charge in [0.2, 0.25) is 0 Å². The lowest BCUT2D eigenvalue weighted by atomic mass is 9.94. The fourth-order valence-corrected chi connectivity index (χ4v) is 3.74. The molecule has 1 fully saturated rings. The number of piperidine rings is 1. The molecule has 1 aromatic heterocycles. The van der Waals surface area contributed by atoms with Crippen molar-refractivity contribution < 1.29 is 20.4 Å². The Kier molecular flexibility index (Phi) is 7.96. The number of nitrogens with zero attached hydrogens (tertiary/aromatic N) is 4. The average Bonchev–Trinajstić information content (AvgIpc) is 3.27. The van der Waals surface area contributed by atoms with Crippen molar-refractivity contribution in [3.05, 3.63) is 36.9 Å². The first kappa shape index (κ1) is 21.7. The maximum atomic E-state index is 10.0. The Hall–Kier alpha value is -2.04. The van der Waals surface area contributed by atoms with Gasteiger partial charge in [0, 0.05) is 18.8 Å². The van der Waals surface area contributed by atoms with Crippen LogP contribution in [0, 0.1) is 0 Å². The topological polar surface area (TPSA) is 127 Å². The first-order chi connectivity index (χ1) is 14.1. The molecular formula is C20H31N5O4. The SMILES string of the molecule is OCC1[C@@H](O)[C@H](O)[C@@H](O)CN1CCCCCCNc1ccc(-n2cncn2)cc1. The van der Waals surface area contributed by atoms with Gasteiger partial charge < -0.3 is 25.7 Å². The molecule has 0 spiro atoms. The fraction of sp³-hybridized carbons (Fsp3) is 0.600. The van der Waals surface area contributed by atoms with Gasteiger partial charge in [0.05, 0.1) is 24.4 Å². The molecule has 1 aromatic carbocycles. The second-order valence-electron chi connectivity index (χ2n) is 7.52. The molecule has 1 saturated heterocycles. The Morgan fingerprint density at radius 1 is 1.00 bits per heavy atom. The van der Waals surface area contributed by atoms with E-state index in [-0.39, 0.29) is 13.2 Å². The zero-order chi connectivity index (χ0) is 20.6. The minimum absolute atomic E-state index is 0.232. The van der Waals surface area contributed by atoms with Gasteiger partial charge in [-0.3, -0.25) is 4.90 Å². The number of unbranched alkanes of at least 4 members (excludes halogenated alkanes) is 3. The van der Waals surface area contributed by atoms with Crippen LogP contribution in [-0.2, 0) is 0 Å². The van der Waals surface area contributed by atoms with E-state index in [2.05, 4.69) is 15.4 Å². The van der Waals surface area contributed by atoms with E-state index < -0.39 is 24.4 Å². The summed E-state index contributed by atoms with van der Waals surface area (Å²) in [4.78, 5) is 5.81. The number of hydrogen-bond donors (Lipinski definition) is 5. The molecule has 2 aromatic rings. The van der Waals surface area contributed by atoms with Gasteiger partial charge in [0.1, 0.15) is 24.9 Å². The molecule has 160 valence electrons. The van der Waals surface area contributed by atoms with E-state index in [9.17, 15) is 20.4 Å². The molecular weight excluding hydrogens is 374 g/mol. The molecule has 5 N–H and O–H groups in total. The van der Waals surface area contributed by atoms with Crippen LogP contribution in [0.1, 0.15) is 25.7 Å². The van der Waals surface area contributed by atoms with Crippen LogP contribution in [0.3, 0.4) is 0 Å². The molecule has 9 heteroatoms. The third-order valence-electron chi connectivity index (χ3n) is 5.47. The van der Waals surface area contributed by atoms with E-state index >= 15 is 0 Å². The third-order valence-corrected chi connectivity index (χ3v) is 5.47. The molecule has 2 heterocycles. The number of β-amino-alcohol motifs (C(OH)–C–C–N with tert-alkyl or cyclic N) is 1. The summed E-state index contributed by atoms with van der Waals surface area (Å²) in [7, 11) is 0. The van der Waals surface area contributed by atoms with Crippen LogP contribution in [0.15, 0.2) is 36.9 Å². The monoisotopic (exact) mass is 405 g/mol. The summed E-state index contributed by atoms with van der Waals surface area (Å²) in [6.45, 7) is 1.61. The highest BCUT2D eigenvalue weighted by atomic mass is 16.4. The normalized spacial score (nSPS) is 25.2. The average molecular weight is 405 g/mol. The molecule has 0 aliphatic carbocycles. The van der Waals surface area contributed by atoms with Gasteiger partial charge in [-0.15, -0.1) is 0 Å². The fourth-order valence-electron chi connectivity index (χ4n) is 3.74. The van der Waals surface area contributed by atoms with Crippen molar-refractivity contribution in [1.29, 1.82) is 0 Å². The first-order valence-electron chi connectivity index (χ1n) is 10.2. The molecule has 1 aliphatic heterocycles. The van der Waals surface area contributed by atoms with Gasteiger partial charge in [-0.05, 0) is 43.7 Å². The van der Waals surface area contributed by atoms with Gasteiger partial charge in [-0.1, -0.05) is 12.8 Å².